The van der Waals surface area contributed by atoms with Gasteiger partial charge in [0.05, 0.1) is 5.75 Å². The third kappa shape index (κ3) is 4.13. The summed E-state index contributed by atoms with van der Waals surface area (Å²) in [4.78, 5) is 2.27. The standard InChI is InChI=1S/C10H18ClNO2S/c1-3-12-7-5-4-6-10(12)9(2)8-15(11,13)14/h10H,2-8H2,1H3. The quantitative estimate of drug-likeness (QED) is 0.567. The zero-order chi connectivity index (χ0) is 11.5. The Balaban J connectivity index is 2.64. The second-order valence-electron chi connectivity index (χ2n) is 3.98. The van der Waals surface area contributed by atoms with E-state index in [1.807, 2.05) is 0 Å². The van der Waals surface area contributed by atoms with E-state index in [4.69, 9.17) is 10.7 Å². The van der Waals surface area contributed by atoms with Crippen LogP contribution in [0, 0.1) is 0 Å². The lowest BCUT2D eigenvalue weighted by Crippen LogP contribution is -2.41. The molecular formula is C10H18ClNO2S. The summed E-state index contributed by atoms with van der Waals surface area (Å²) in [5.41, 5.74) is 0.728. The van der Waals surface area contributed by atoms with E-state index in [1.165, 1.54) is 6.42 Å². The summed E-state index contributed by atoms with van der Waals surface area (Å²) < 4.78 is 21.9. The number of halogens is 1. The van der Waals surface area contributed by atoms with E-state index in [0.29, 0.717) is 0 Å². The van der Waals surface area contributed by atoms with Gasteiger partial charge in [0.15, 0.2) is 0 Å². The molecule has 0 aromatic carbocycles. The maximum absolute atomic E-state index is 11.0. The molecule has 0 radical (unpaired) electrons. The van der Waals surface area contributed by atoms with Crippen LogP contribution in [-0.2, 0) is 9.05 Å². The zero-order valence-electron chi connectivity index (χ0n) is 9.08. The third-order valence-corrected chi connectivity index (χ3v) is 3.89. The largest absolute Gasteiger partial charge is 0.297 e. The van der Waals surface area contributed by atoms with Gasteiger partial charge in [-0.1, -0.05) is 19.9 Å². The molecule has 1 unspecified atom stereocenters. The van der Waals surface area contributed by atoms with Crippen LogP contribution >= 0.6 is 10.7 Å². The molecule has 0 aliphatic carbocycles. The van der Waals surface area contributed by atoms with Gasteiger partial charge < -0.3 is 0 Å². The van der Waals surface area contributed by atoms with Gasteiger partial charge in [0.25, 0.3) is 0 Å². The van der Waals surface area contributed by atoms with Crippen molar-refractivity contribution in [2.45, 2.75) is 32.2 Å². The summed E-state index contributed by atoms with van der Waals surface area (Å²) in [7, 11) is 1.77. The van der Waals surface area contributed by atoms with Crippen molar-refractivity contribution >= 4 is 19.7 Å². The van der Waals surface area contributed by atoms with Crippen LogP contribution in [0.3, 0.4) is 0 Å². The molecule has 5 heteroatoms. The van der Waals surface area contributed by atoms with Crippen LogP contribution in [-0.4, -0.2) is 38.2 Å². The smallest absolute Gasteiger partial charge is 0.236 e. The van der Waals surface area contributed by atoms with Gasteiger partial charge in [-0.15, -0.1) is 0 Å². The molecule has 0 spiro atoms. The van der Waals surface area contributed by atoms with Gasteiger partial charge in [-0.05, 0) is 31.5 Å². The van der Waals surface area contributed by atoms with Crippen molar-refractivity contribution in [1.82, 2.24) is 4.90 Å². The molecule has 0 aromatic heterocycles. The normalized spacial score (nSPS) is 24.0. The molecule has 1 saturated heterocycles. The van der Waals surface area contributed by atoms with Crippen molar-refractivity contribution in [2.24, 2.45) is 0 Å². The summed E-state index contributed by atoms with van der Waals surface area (Å²) in [5.74, 6) is -0.101. The minimum absolute atomic E-state index is 0.101. The number of hydrogen-bond donors (Lipinski definition) is 0. The van der Waals surface area contributed by atoms with E-state index < -0.39 is 9.05 Å². The lowest BCUT2D eigenvalue weighted by molar-refractivity contribution is 0.181. The van der Waals surface area contributed by atoms with E-state index >= 15 is 0 Å². The SMILES string of the molecule is C=C(CS(=O)(=O)Cl)C1CCCCN1CC. The number of nitrogens with zero attached hydrogens (tertiary/aromatic N) is 1. The summed E-state index contributed by atoms with van der Waals surface area (Å²) in [5, 5.41) is 0. The first kappa shape index (κ1) is 13.0. The highest BCUT2D eigenvalue weighted by Gasteiger charge is 2.25. The molecule has 0 aromatic rings. The highest BCUT2D eigenvalue weighted by Crippen LogP contribution is 2.23. The molecule has 1 rings (SSSR count). The summed E-state index contributed by atoms with van der Waals surface area (Å²) in [6, 6.07) is 0.192. The van der Waals surface area contributed by atoms with Gasteiger partial charge in [0.2, 0.25) is 9.05 Å². The number of likely N-dealkylation sites (N-methyl/N-ethyl adjacent to an activating group) is 1. The maximum Gasteiger partial charge on any atom is 0.236 e. The molecule has 0 bridgehead atoms. The Labute approximate surface area is 96.5 Å². The Kier molecular flexibility index (Phi) is 4.62. The van der Waals surface area contributed by atoms with Crippen LogP contribution in [0.25, 0.3) is 0 Å². The van der Waals surface area contributed by atoms with Crippen LogP contribution in [0.1, 0.15) is 26.2 Å². The number of likely N-dealkylation sites (tertiary alicyclic amines) is 1. The average Bonchev–Trinajstić information content (AvgIpc) is 2.15. The number of rotatable bonds is 4. The van der Waals surface area contributed by atoms with Crippen LogP contribution < -0.4 is 0 Å². The molecule has 1 atom stereocenters. The van der Waals surface area contributed by atoms with Gasteiger partial charge >= 0.3 is 0 Å². The van der Waals surface area contributed by atoms with Crippen molar-refractivity contribution in [2.75, 3.05) is 18.8 Å². The lowest BCUT2D eigenvalue weighted by atomic mass is 9.97. The maximum atomic E-state index is 11.0. The Morgan fingerprint density at radius 2 is 2.20 bits per heavy atom. The average molecular weight is 252 g/mol. The molecule has 1 fully saturated rings. The molecular weight excluding hydrogens is 234 g/mol. The van der Waals surface area contributed by atoms with E-state index in [2.05, 4.69) is 18.4 Å². The molecule has 1 aliphatic heterocycles. The fourth-order valence-corrected chi connectivity index (χ4v) is 3.21. The summed E-state index contributed by atoms with van der Waals surface area (Å²) in [6.45, 7) is 7.91. The predicted octanol–water partition coefficient (Wildman–Crippen LogP) is 1.99. The van der Waals surface area contributed by atoms with Gasteiger partial charge in [-0.2, -0.15) is 0 Å². The van der Waals surface area contributed by atoms with E-state index in [1.54, 1.807) is 0 Å². The van der Waals surface area contributed by atoms with Crippen molar-refractivity contribution in [3.8, 4) is 0 Å². The zero-order valence-corrected chi connectivity index (χ0v) is 10.6. The highest BCUT2D eigenvalue weighted by atomic mass is 35.7. The fourth-order valence-electron chi connectivity index (χ4n) is 2.15. The summed E-state index contributed by atoms with van der Waals surface area (Å²) >= 11 is 0. The number of piperidine rings is 1. The van der Waals surface area contributed by atoms with Gasteiger partial charge in [0.1, 0.15) is 0 Å². The topological polar surface area (TPSA) is 37.4 Å². The fraction of sp³-hybridized carbons (Fsp3) is 0.800. The van der Waals surface area contributed by atoms with Crippen LogP contribution in [0.15, 0.2) is 12.2 Å². The van der Waals surface area contributed by atoms with Gasteiger partial charge in [-0.25, -0.2) is 8.42 Å². The third-order valence-electron chi connectivity index (χ3n) is 2.85. The van der Waals surface area contributed by atoms with Crippen molar-refractivity contribution in [3.63, 3.8) is 0 Å². The van der Waals surface area contributed by atoms with Crippen molar-refractivity contribution < 1.29 is 8.42 Å². The second-order valence-corrected chi connectivity index (χ2v) is 6.76. The highest BCUT2D eigenvalue weighted by molar-refractivity contribution is 8.13. The van der Waals surface area contributed by atoms with Crippen molar-refractivity contribution in [3.05, 3.63) is 12.2 Å². The molecule has 88 valence electrons. The van der Waals surface area contributed by atoms with Crippen LogP contribution in [0.4, 0.5) is 0 Å². The molecule has 0 saturated carbocycles. The van der Waals surface area contributed by atoms with E-state index in [-0.39, 0.29) is 11.8 Å². The molecule has 3 nitrogen and oxygen atoms in total. The summed E-state index contributed by atoms with van der Waals surface area (Å²) in [6.07, 6.45) is 3.33. The Hall–Kier alpha value is -0.0600. The predicted molar refractivity (Wildman–Crippen MR) is 63.7 cm³/mol. The van der Waals surface area contributed by atoms with Crippen LogP contribution in [0.5, 0.6) is 0 Å². The van der Waals surface area contributed by atoms with Crippen LogP contribution in [0.2, 0.25) is 0 Å². The first-order valence-electron chi connectivity index (χ1n) is 5.28. The first-order chi connectivity index (χ1) is 6.94. The molecule has 0 amide bonds. The molecule has 1 aliphatic rings. The Bertz CT molecular complexity index is 326. The second kappa shape index (κ2) is 5.32. The monoisotopic (exact) mass is 251 g/mol. The molecule has 0 N–H and O–H groups in total. The van der Waals surface area contributed by atoms with E-state index in [0.717, 1.165) is 31.5 Å². The lowest BCUT2D eigenvalue weighted by Gasteiger charge is -2.35. The van der Waals surface area contributed by atoms with Gasteiger partial charge in [-0.3, -0.25) is 4.90 Å². The first-order valence-corrected chi connectivity index (χ1v) is 7.76. The van der Waals surface area contributed by atoms with Gasteiger partial charge in [0, 0.05) is 16.7 Å². The molecule has 15 heavy (non-hydrogen) atoms. The molecule has 1 heterocycles. The minimum Gasteiger partial charge on any atom is -0.297 e. The van der Waals surface area contributed by atoms with Crippen molar-refractivity contribution in [1.29, 1.82) is 0 Å². The Morgan fingerprint density at radius 3 is 2.73 bits per heavy atom. The minimum atomic E-state index is -3.46. The Morgan fingerprint density at radius 1 is 1.53 bits per heavy atom. The van der Waals surface area contributed by atoms with E-state index in [9.17, 15) is 8.42 Å². The number of hydrogen-bond acceptors (Lipinski definition) is 3.